The van der Waals surface area contributed by atoms with Crippen LogP contribution in [0.15, 0.2) is 30.3 Å². The Kier molecular flexibility index (Phi) is 6.87. The maximum absolute atomic E-state index is 11.6. The number of benzene rings is 2. The number of hydrogen-bond donors (Lipinski definition) is 3. The van der Waals surface area contributed by atoms with Crippen LogP contribution in [0.3, 0.4) is 0 Å². The first-order valence-corrected chi connectivity index (χ1v) is 10.0. The summed E-state index contributed by atoms with van der Waals surface area (Å²) in [6.45, 7) is 3.29. The lowest BCUT2D eigenvalue weighted by Crippen LogP contribution is -2.15. The van der Waals surface area contributed by atoms with Crippen molar-refractivity contribution in [1.29, 1.82) is 0 Å². The summed E-state index contributed by atoms with van der Waals surface area (Å²) < 4.78 is 5.83. The number of carboxylic acids is 1. The second kappa shape index (κ2) is 9.37. The molecule has 8 heteroatoms. The molecule has 0 aliphatic heterocycles. The van der Waals surface area contributed by atoms with Gasteiger partial charge in [0.25, 0.3) is 0 Å². The van der Waals surface area contributed by atoms with Gasteiger partial charge in [0.15, 0.2) is 5.75 Å². The highest BCUT2D eigenvalue weighted by Gasteiger charge is 2.20. The summed E-state index contributed by atoms with van der Waals surface area (Å²) in [5.74, 6) is -0.797. The zero-order valence-electron chi connectivity index (χ0n) is 15.9. The minimum absolute atomic E-state index is 0.225. The van der Waals surface area contributed by atoms with Gasteiger partial charge in [-0.15, -0.1) is 0 Å². The molecule has 0 aromatic heterocycles. The summed E-state index contributed by atoms with van der Waals surface area (Å²) in [6.07, 6.45) is 1.94. The molecule has 0 heterocycles. The second-order valence-corrected chi connectivity index (χ2v) is 8.02. The molecule has 1 saturated carbocycles. The lowest BCUT2D eigenvalue weighted by Gasteiger charge is -2.14. The molecule has 3 rings (SSSR count). The summed E-state index contributed by atoms with van der Waals surface area (Å²) >= 11 is 12.5. The molecule has 154 valence electrons. The molecule has 1 fully saturated rings. The summed E-state index contributed by atoms with van der Waals surface area (Å²) in [6, 6.07) is 9.12. The molecule has 1 aliphatic rings. The van der Waals surface area contributed by atoms with Crippen molar-refractivity contribution < 1.29 is 19.4 Å². The number of ether oxygens (including phenoxy) is 1. The summed E-state index contributed by atoms with van der Waals surface area (Å²) in [5, 5.41) is 15.0. The van der Waals surface area contributed by atoms with Gasteiger partial charge in [0.2, 0.25) is 5.91 Å². The van der Waals surface area contributed by atoms with E-state index in [0.717, 1.165) is 29.3 Å². The van der Waals surface area contributed by atoms with Crippen molar-refractivity contribution in [2.75, 3.05) is 17.2 Å². The van der Waals surface area contributed by atoms with Crippen LogP contribution in [0, 0.1) is 12.8 Å². The normalized spacial score (nSPS) is 13.1. The number of halogens is 2. The molecule has 3 N–H and O–H groups in total. The molecule has 1 aliphatic carbocycles. The van der Waals surface area contributed by atoms with Gasteiger partial charge in [0.05, 0.1) is 10.0 Å². The number of carboxylic acid groups (broad SMARTS) is 1. The van der Waals surface area contributed by atoms with Crippen LogP contribution >= 0.6 is 23.2 Å². The van der Waals surface area contributed by atoms with E-state index in [0.29, 0.717) is 11.4 Å². The van der Waals surface area contributed by atoms with Gasteiger partial charge in [-0.1, -0.05) is 29.3 Å². The molecular weight excluding hydrogens is 415 g/mol. The van der Waals surface area contributed by atoms with Crippen LogP contribution < -0.4 is 15.4 Å². The molecule has 2 aromatic carbocycles. The molecule has 0 radical (unpaired) electrons. The fourth-order valence-corrected chi connectivity index (χ4v) is 3.50. The topological polar surface area (TPSA) is 87.7 Å². The van der Waals surface area contributed by atoms with Gasteiger partial charge < -0.3 is 20.5 Å². The highest BCUT2D eigenvalue weighted by Crippen LogP contribution is 2.37. The van der Waals surface area contributed by atoms with Crippen LogP contribution in [-0.4, -0.2) is 23.5 Å². The minimum atomic E-state index is -1.22. The van der Waals surface area contributed by atoms with E-state index in [1.54, 1.807) is 0 Å². The SMILES string of the molecule is Cc1cc(COc2c(Cl)cc(NC(=O)CC(=O)O)cc2Cl)cc(NCC2CC2)c1. The van der Waals surface area contributed by atoms with Crippen LogP contribution in [-0.2, 0) is 16.2 Å². The molecular formula is C21H22Cl2N2O4. The zero-order valence-corrected chi connectivity index (χ0v) is 17.4. The van der Waals surface area contributed by atoms with Crippen molar-refractivity contribution in [3.63, 3.8) is 0 Å². The first-order chi connectivity index (χ1) is 13.8. The summed E-state index contributed by atoms with van der Waals surface area (Å²) in [5.41, 5.74) is 3.47. The number of carbonyl (C=O) groups excluding carboxylic acids is 1. The highest BCUT2D eigenvalue weighted by molar-refractivity contribution is 6.37. The fourth-order valence-electron chi connectivity index (χ4n) is 2.90. The number of hydrogen-bond acceptors (Lipinski definition) is 4. The van der Waals surface area contributed by atoms with Crippen LogP contribution in [0.1, 0.15) is 30.4 Å². The van der Waals surface area contributed by atoms with Crippen molar-refractivity contribution in [2.24, 2.45) is 5.92 Å². The quantitative estimate of drug-likeness (QED) is 0.475. The molecule has 0 unspecified atom stereocenters. The Morgan fingerprint density at radius 3 is 2.41 bits per heavy atom. The molecule has 0 bridgehead atoms. The summed E-state index contributed by atoms with van der Waals surface area (Å²) in [7, 11) is 0. The monoisotopic (exact) mass is 436 g/mol. The van der Waals surface area contributed by atoms with Crippen molar-refractivity contribution in [1.82, 2.24) is 0 Å². The van der Waals surface area contributed by atoms with E-state index in [9.17, 15) is 9.59 Å². The minimum Gasteiger partial charge on any atom is -0.486 e. The van der Waals surface area contributed by atoms with E-state index >= 15 is 0 Å². The van der Waals surface area contributed by atoms with Crippen molar-refractivity contribution in [2.45, 2.75) is 32.8 Å². The Balaban J connectivity index is 1.65. The van der Waals surface area contributed by atoms with E-state index in [1.165, 1.54) is 25.0 Å². The maximum atomic E-state index is 11.6. The fraction of sp³-hybridized carbons (Fsp3) is 0.333. The average Bonchev–Trinajstić information content (AvgIpc) is 3.42. The third-order valence-corrected chi connectivity index (χ3v) is 4.97. The third-order valence-electron chi connectivity index (χ3n) is 4.41. The van der Waals surface area contributed by atoms with Crippen molar-refractivity contribution in [3.05, 3.63) is 51.5 Å². The van der Waals surface area contributed by atoms with Crippen molar-refractivity contribution in [3.8, 4) is 5.75 Å². The number of nitrogens with one attached hydrogen (secondary N) is 2. The van der Waals surface area contributed by atoms with Crippen LogP contribution in [0.25, 0.3) is 0 Å². The first-order valence-electron chi connectivity index (χ1n) is 9.28. The number of rotatable bonds is 9. The van der Waals surface area contributed by atoms with Gasteiger partial charge in [-0.25, -0.2) is 0 Å². The standard InChI is InChI=1S/C21H22Cl2N2O4/c1-12-4-14(6-15(5-12)24-10-13-2-3-13)11-29-21-17(22)7-16(8-18(21)23)25-19(26)9-20(27)28/h4-8,13,24H,2-3,9-11H2,1H3,(H,25,26)(H,27,28). The van der Waals surface area contributed by atoms with E-state index in [4.69, 9.17) is 33.0 Å². The molecule has 2 aromatic rings. The van der Waals surface area contributed by atoms with E-state index in [1.807, 2.05) is 19.1 Å². The van der Waals surface area contributed by atoms with Gasteiger partial charge >= 0.3 is 5.97 Å². The molecule has 1 amide bonds. The third kappa shape index (κ3) is 6.54. The number of aryl methyl sites for hydroxylation is 1. The number of carbonyl (C=O) groups is 2. The largest absolute Gasteiger partial charge is 0.486 e. The van der Waals surface area contributed by atoms with Crippen molar-refractivity contribution >= 4 is 46.5 Å². The molecule has 0 atom stereocenters. The Morgan fingerprint density at radius 2 is 1.79 bits per heavy atom. The molecule has 29 heavy (non-hydrogen) atoms. The van der Waals surface area contributed by atoms with Gasteiger partial charge in [-0.3, -0.25) is 9.59 Å². The molecule has 0 saturated heterocycles. The predicted molar refractivity (Wildman–Crippen MR) is 114 cm³/mol. The Bertz CT molecular complexity index is 906. The second-order valence-electron chi connectivity index (χ2n) is 7.21. The van der Waals surface area contributed by atoms with E-state index in [-0.39, 0.29) is 16.7 Å². The van der Waals surface area contributed by atoms with Crippen LogP contribution in [0.4, 0.5) is 11.4 Å². The maximum Gasteiger partial charge on any atom is 0.312 e. The van der Waals surface area contributed by atoms with Gasteiger partial charge in [0, 0.05) is 17.9 Å². The van der Waals surface area contributed by atoms with E-state index < -0.39 is 18.3 Å². The first kappa shape index (κ1) is 21.3. The van der Waals surface area contributed by atoms with E-state index in [2.05, 4.69) is 16.7 Å². The predicted octanol–water partition coefficient (Wildman–Crippen LogP) is 5.12. The lowest BCUT2D eigenvalue weighted by molar-refractivity contribution is -0.139. The van der Waals surface area contributed by atoms with Gasteiger partial charge in [-0.2, -0.15) is 0 Å². The van der Waals surface area contributed by atoms with Gasteiger partial charge in [-0.05, 0) is 61.1 Å². The lowest BCUT2D eigenvalue weighted by atomic mass is 10.1. The molecule has 0 spiro atoms. The molecule has 6 nitrogen and oxygen atoms in total. The van der Waals surface area contributed by atoms with Crippen LogP contribution in [0.5, 0.6) is 5.75 Å². The highest BCUT2D eigenvalue weighted by atomic mass is 35.5. The zero-order chi connectivity index (χ0) is 21.0. The average molecular weight is 437 g/mol. The number of amides is 1. The van der Waals surface area contributed by atoms with Crippen LogP contribution in [0.2, 0.25) is 10.0 Å². The Morgan fingerprint density at radius 1 is 1.10 bits per heavy atom. The Hall–Kier alpha value is -2.44. The number of anilines is 2. The van der Waals surface area contributed by atoms with Gasteiger partial charge in [0.1, 0.15) is 13.0 Å². The summed E-state index contributed by atoms with van der Waals surface area (Å²) in [4.78, 5) is 22.2. The smallest absolute Gasteiger partial charge is 0.312 e. The number of aliphatic carboxylic acids is 1. The Labute approximate surface area is 179 Å².